The van der Waals surface area contributed by atoms with Gasteiger partial charge >= 0.3 is 6.18 Å². The molecule has 16 heavy (non-hydrogen) atoms. The molecular formula is C9H4F4N2O. The smallest absolute Gasteiger partial charge is 0.366 e. The summed E-state index contributed by atoms with van der Waals surface area (Å²) in [7, 11) is 0. The van der Waals surface area contributed by atoms with E-state index in [2.05, 4.69) is 0 Å². The highest BCUT2D eigenvalue weighted by molar-refractivity contribution is 5.93. The largest absolute Gasteiger partial charge is 0.420 e. The average molecular weight is 232 g/mol. The molecule has 7 heteroatoms. The lowest BCUT2D eigenvalue weighted by Gasteiger charge is -2.10. The maximum Gasteiger partial charge on any atom is 0.420 e. The lowest BCUT2D eigenvalue weighted by Crippen LogP contribution is -2.16. The number of carbonyl (C=O) groups is 1. The van der Waals surface area contributed by atoms with Crippen LogP contribution in [0.4, 0.5) is 17.6 Å². The van der Waals surface area contributed by atoms with E-state index in [4.69, 9.17) is 11.0 Å². The summed E-state index contributed by atoms with van der Waals surface area (Å²) in [6.45, 7) is 0. The van der Waals surface area contributed by atoms with Crippen molar-refractivity contribution < 1.29 is 22.4 Å². The van der Waals surface area contributed by atoms with E-state index in [9.17, 15) is 22.4 Å². The van der Waals surface area contributed by atoms with Gasteiger partial charge in [-0.2, -0.15) is 18.4 Å². The van der Waals surface area contributed by atoms with Gasteiger partial charge in [-0.1, -0.05) is 0 Å². The second kappa shape index (κ2) is 3.81. The van der Waals surface area contributed by atoms with Crippen molar-refractivity contribution in [3.05, 3.63) is 34.6 Å². The van der Waals surface area contributed by atoms with Crippen LogP contribution in [0.5, 0.6) is 0 Å². The van der Waals surface area contributed by atoms with Crippen LogP contribution in [0.1, 0.15) is 21.5 Å². The Balaban J connectivity index is 3.55. The van der Waals surface area contributed by atoms with Gasteiger partial charge in [-0.25, -0.2) is 4.39 Å². The van der Waals surface area contributed by atoms with Crippen LogP contribution in [0.25, 0.3) is 0 Å². The van der Waals surface area contributed by atoms with Crippen LogP contribution in [0.15, 0.2) is 12.1 Å². The van der Waals surface area contributed by atoms with Crippen LogP contribution in [-0.2, 0) is 6.18 Å². The minimum absolute atomic E-state index is 0.353. The van der Waals surface area contributed by atoms with E-state index in [1.54, 1.807) is 0 Å². The second-order valence-corrected chi connectivity index (χ2v) is 2.85. The molecule has 0 aliphatic heterocycles. The first-order valence-electron chi connectivity index (χ1n) is 3.88. The molecule has 0 fully saturated rings. The van der Waals surface area contributed by atoms with Crippen LogP contribution < -0.4 is 5.73 Å². The van der Waals surface area contributed by atoms with Gasteiger partial charge in [-0.05, 0) is 12.1 Å². The highest BCUT2D eigenvalue weighted by Crippen LogP contribution is 2.34. The number of nitriles is 1. The SMILES string of the molecule is N#Cc1cc(C(N)=O)cc(F)c1C(F)(F)F. The molecule has 0 bridgehead atoms. The minimum Gasteiger partial charge on any atom is -0.366 e. The molecule has 2 N–H and O–H groups in total. The van der Waals surface area contributed by atoms with Gasteiger partial charge in [-0.3, -0.25) is 4.79 Å². The third-order valence-electron chi connectivity index (χ3n) is 1.78. The van der Waals surface area contributed by atoms with Crippen LogP contribution >= 0.6 is 0 Å². The van der Waals surface area contributed by atoms with E-state index in [0.717, 1.165) is 0 Å². The first kappa shape index (κ1) is 12.0. The monoisotopic (exact) mass is 232 g/mol. The minimum atomic E-state index is -4.99. The molecule has 1 aromatic carbocycles. The zero-order valence-corrected chi connectivity index (χ0v) is 7.60. The number of carbonyl (C=O) groups excluding carboxylic acids is 1. The Morgan fingerprint density at radius 1 is 1.38 bits per heavy atom. The first-order chi connectivity index (χ1) is 7.27. The summed E-state index contributed by atoms with van der Waals surface area (Å²) in [6, 6.07) is 2.13. The number of hydrogen-bond donors (Lipinski definition) is 1. The molecule has 1 rings (SSSR count). The molecule has 0 aliphatic rings. The van der Waals surface area contributed by atoms with Crippen molar-refractivity contribution in [2.45, 2.75) is 6.18 Å². The van der Waals surface area contributed by atoms with E-state index in [0.29, 0.717) is 12.1 Å². The first-order valence-corrected chi connectivity index (χ1v) is 3.88. The molecule has 0 atom stereocenters. The highest BCUT2D eigenvalue weighted by Gasteiger charge is 2.37. The average Bonchev–Trinajstić information content (AvgIpc) is 2.14. The molecule has 1 aromatic rings. The van der Waals surface area contributed by atoms with Crippen LogP contribution in [0.2, 0.25) is 0 Å². The van der Waals surface area contributed by atoms with Crippen molar-refractivity contribution in [3.63, 3.8) is 0 Å². The third-order valence-corrected chi connectivity index (χ3v) is 1.78. The lowest BCUT2D eigenvalue weighted by atomic mass is 10.0. The van der Waals surface area contributed by atoms with E-state index in [1.807, 2.05) is 0 Å². The molecule has 0 unspecified atom stereocenters. The van der Waals surface area contributed by atoms with E-state index >= 15 is 0 Å². The van der Waals surface area contributed by atoms with Crippen molar-refractivity contribution >= 4 is 5.91 Å². The lowest BCUT2D eigenvalue weighted by molar-refractivity contribution is -0.140. The van der Waals surface area contributed by atoms with Crippen molar-refractivity contribution in [2.75, 3.05) is 0 Å². The van der Waals surface area contributed by atoms with E-state index < -0.39 is 34.6 Å². The number of halogens is 4. The number of primary amides is 1. The number of alkyl halides is 3. The summed E-state index contributed by atoms with van der Waals surface area (Å²) in [5.74, 6) is -2.80. The molecule has 3 nitrogen and oxygen atoms in total. The Labute approximate surface area is 87.1 Å². The molecule has 0 aliphatic carbocycles. The molecule has 1 amide bonds. The number of amides is 1. The van der Waals surface area contributed by atoms with Crippen LogP contribution in [0, 0.1) is 17.1 Å². The normalized spacial score (nSPS) is 10.9. The fraction of sp³-hybridized carbons (Fsp3) is 0.111. The van der Waals surface area contributed by atoms with Crippen LogP contribution in [0.3, 0.4) is 0 Å². The Bertz CT molecular complexity index is 488. The number of hydrogen-bond acceptors (Lipinski definition) is 2. The molecule has 0 radical (unpaired) electrons. The number of benzene rings is 1. The molecule has 0 saturated carbocycles. The Hall–Kier alpha value is -2.10. The predicted octanol–water partition coefficient (Wildman–Crippen LogP) is 1.82. The predicted molar refractivity (Wildman–Crippen MR) is 44.6 cm³/mol. The summed E-state index contributed by atoms with van der Waals surface area (Å²) in [4.78, 5) is 10.6. The summed E-state index contributed by atoms with van der Waals surface area (Å²) in [5.41, 5.74) is 1.62. The maximum atomic E-state index is 13.1. The van der Waals surface area contributed by atoms with Crippen molar-refractivity contribution in [3.8, 4) is 6.07 Å². The molecular weight excluding hydrogens is 228 g/mol. The molecule has 0 saturated heterocycles. The molecule has 0 heterocycles. The fourth-order valence-electron chi connectivity index (χ4n) is 1.13. The maximum absolute atomic E-state index is 13.1. The highest BCUT2D eigenvalue weighted by atomic mass is 19.4. The van der Waals surface area contributed by atoms with Gasteiger partial charge in [0.1, 0.15) is 11.4 Å². The number of nitrogens with zero attached hydrogens (tertiary/aromatic N) is 1. The van der Waals surface area contributed by atoms with Gasteiger partial charge < -0.3 is 5.73 Å². The summed E-state index contributed by atoms with van der Waals surface area (Å²) < 4.78 is 50.0. The van der Waals surface area contributed by atoms with Gasteiger partial charge in [0.15, 0.2) is 0 Å². The van der Waals surface area contributed by atoms with E-state index in [1.165, 1.54) is 6.07 Å². The molecule has 0 aromatic heterocycles. The fourth-order valence-corrected chi connectivity index (χ4v) is 1.13. The standard InChI is InChI=1S/C9H4F4N2O/c10-6-2-4(8(15)16)1-5(3-14)7(6)9(11,12)13/h1-2H,(H2,15,16). The zero-order valence-electron chi connectivity index (χ0n) is 7.60. The Kier molecular flexibility index (Phi) is 2.85. The van der Waals surface area contributed by atoms with Gasteiger partial charge in [-0.15, -0.1) is 0 Å². The van der Waals surface area contributed by atoms with Gasteiger partial charge in [0.2, 0.25) is 5.91 Å². The van der Waals surface area contributed by atoms with Gasteiger partial charge in [0.25, 0.3) is 0 Å². The van der Waals surface area contributed by atoms with Crippen LogP contribution in [-0.4, -0.2) is 5.91 Å². The Morgan fingerprint density at radius 3 is 2.31 bits per heavy atom. The second-order valence-electron chi connectivity index (χ2n) is 2.85. The zero-order chi connectivity index (χ0) is 12.5. The van der Waals surface area contributed by atoms with Crippen molar-refractivity contribution in [1.82, 2.24) is 0 Å². The number of nitrogens with two attached hydrogens (primary N) is 1. The topological polar surface area (TPSA) is 66.9 Å². The van der Waals surface area contributed by atoms with Crippen molar-refractivity contribution in [1.29, 1.82) is 5.26 Å². The summed E-state index contributed by atoms with van der Waals surface area (Å²) in [5, 5.41) is 8.44. The van der Waals surface area contributed by atoms with Crippen molar-refractivity contribution in [2.24, 2.45) is 5.73 Å². The van der Waals surface area contributed by atoms with Gasteiger partial charge in [0, 0.05) is 5.56 Å². The van der Waals surface area contributed by atoms with E-state index in [-0.39, 0.29) is 0 Å². The summed E-state index contributed by atoms with van der Waals surface area (Å²) >= 11 is 0. The number of rotatable bonds is 1. The quantitative estimate of drug-likeness (QED) is 0.750. The van der Waals surface area contributed by atoms with Gasteiger partial charge in [0.05, 0.1) is 11.6 Å². The summed E-state index contributed by atoms with van der Waals surface area (Å²) in [6.07, 6.45) is -4.99. The molecule has 0 spiro atoms. The third kappa shape index (κ3) is 2.11. The molecule has 84 valence electrons. The Morgan fingerprint density at radius 2 is 1.94 bits per heavy atom.